The van der Waals surface area contributed by atoms with Gasteiger partial charge in [-0.3, -0.25) is 9.18 Å². The van der Waals surface area contributed by atoms with Crippen molar-refractivity contribution in [2.45, 2.75) is 69.8 Å². The fourth-order valence-corrected chi connectivity index (χ4v) is 6.42. The number of fused-ring (bicyclic) bond motifs is 1. The molecule has 0 radical (unpaired) electrons. The minimum absolute atomic E-state index is 0.0366. The number of carbonyl (C=O) groups excluding carboxylic acids is 1. The van der Waals surface area contributed by atoms with Crippen LogP contribution in [0.15, 0.2) is 30.5 Å². The molecule has 6 rings (SSSR count). The van der Waals surface area contributed by atoms with E-state index in [2.05, 4.69) is 5.32 Å². The first-order valence-electron chi connectivity index (χ1n) is 12.7. The topological polar surface area (TPSA) is 34.0 Å². The molecule has 4 saturated carbocycles. The van der Waals surface area contributed by atoms with Crippen LogP contribution in [-0.2, 0) is 6.50 Å². The van der Waals surface area contributed by atoms with Crippen molar-refractivity contribution in [1.82, 2.24) is 9.88 Å². The summed E-state index contributed by atoms with van der Waals surface area (Å²) in [6, 6.07) is 7.30. The Morgan fingerprint density at radius 3 is 2.46 bits per heavy atom. The molecule has 1 aromatic heterocycles. The lowest BCUT2D eigenvalue weighted by Gasteiger charge is -2.56. The average Bonchev–Trinajstić information content (AvgIpc) is 3.06. The minimum Gasteiger partial charge on any atom is -0.347 e. The van der Waals surface area contributed by atoms with Gasteiger partial charge < -0.3 is 9.88 Å². The lowest BCUT2D eigenvalue weighted by molar-refractivity contribution is -0.0166. The zero-order valence-corrected chi connectivity index (χ0v) is 16.2. The molecule has 2 aromatic rings. The third kappa shape index (κ3) is 3.25. The Labute approximate surface area is 172 Å². The number of hydrogen-bond acceptors (Lipinski definition) is 1. The maximum Gasteiger partial charge on any atom is 0.253 e. The van der Waals surface area contributed by atoms with E-state index in [1.54, 1.807) is 12.3 Å². The summed E-state index contributed by atoms with van der Waals surface area (Å²) in [5, 5.41) is 4.09. The number of rotatable bonds is 7. The molecule has 3 nitrogen and oxygen atoms in total. The van der Waals surface area contributed by atoms with Crippen molar-refractivity contribution >= 4 is 16.8 Å². The van der Waals surface area contributed by atoms with Crippen LogP contribution in [0.5, 0.6) is 0 Å². The summed E-state index contributed by atoms with van der Waals surface area (Å²) >= 11 is 0. The smallest absolute Gasteiger partial charge is 0.253 e. The molecule has 0 unspecified atom stereocenters. The summed E-state index contributed by atoms with van der Waals surface area (Å²) in [6.45, 7) is -4.66. The number of alkyl halides is 1. The predicted octanol–water partition coefficient (Wildman–Crippen LogP) is 5.48. The second-order valence-corrected chi connectivity index (χ2v) is 9.23. The lowest BCUT2D eigenvalue weighted by Crippen LogP contribution is -2.59. The minimum atomic E-state index is -2.81. The molecule has 1 heterocycles. The second-order valence-electron chi connectivity index (χ2n) is 9.23. The highest BCUT2D eigenvalue weighted by Crippen LogP contribution is 2.55. The van der Waals surface area contributed by atoms with E-state index >= 15 is 0 Å². The quantitative estimate of drug-likeness (QED) is 0.672. The van der Waals surface area contributed by atoms with Gasteiger partial charge >= 0.3 is 0 Å². The van der Waals surface area contributed by atoms with E-state index in [-0.39, 0.29) is 30.7 Å². The SMILES string of the molecule is [2H]C([2H])(F)CCCC([2H])([2H])n1cc(C(=O)NC23CC4CC(CC(C4)C2)C3)c2ccccc21. The summed E-state index contributed by atoms with van der Waals surface area (Å²) in [5.41, 5.74) is 0.971. The van der Waals surface area contributed by atoms with Gasteiger partial charge in [-0.1, -0.05) is 18.2 Å². The van der Waals surface area contributed by atoms with Gasteiger partial charge in [0.1, 0.15) is 0 Å². The number of nitrogens with one attached hydrogen (secondary N) is 1. The molecule has 150 valence electrons. The van der Waals surface area contributed by atoms with Gasteiger partial charge in [-0.05, 0) is 81.6 Å². The Morgan fingerprint density at radius 1 is 1.11 bits per heavy atom. The van der Waals surface area contributed by atoms with E-state index in [0.717, 1.165) is 19.3 Å². The van der Waals surface area contributed by atoms with Crippen molar-refractivity contribution in [3.8, 4) is 0 Å². The third-order valence-corrected chi connectivity index (χ3v) is 7.10. The summed E-state index contributed by atoms with van der Waals surface area (Å²) in [6.07, 6.45) is 8.31. The number of aryl methyl sites for hydroxylation is 1. The molecule has 28 heavy (non-hydrogen) atoms. The first kappa shape index (κ1) is 14.2. The molecule has 0 atom stereocenters. The third-order valence-electron chi connectivity index (χ3n) is 7.10. The van der Waals surface area contributed by atoms with Gasteiger partial charge in [-0.2, -0.15) is 0 Å². The number of nitrogens with zero attached hydrogens (tertiary/aromatic N) is 1. The van der Waals surface area contributed by atoms with Crippen LogP contribution >= 0.6 is 0 Å². The van der Waals surface area contributed by atoms with Crippen molar-refractivity contribution in [2.24, 2.45) is 17.8 Å². The first-order valence-corrected chi connectivity index (χ1v) is 10.7. The Hall–Kier alpha value is -1.84. The van der Waals surface area contributed by atoms with Crippen LogP contribution in [0, 0.1) is 17.8 Å². The number of hydrogen-bond donors (Lipinski definition) is 1. The molecule has 0 spiro atoms. The summed E-state index contributed by atoms with van der Waals surface area (Å²) in [5.74, 6) is 2.01. The largest absolute Gasteiger partial charge is 0.347 e. The second kappa shape index (κ2) is 7.20. The average molecular weight is 387 g/mol. The van der Waals surface area contributed by atoms with Gasteiger partial charge in [0.15, 0.2) is 0 Å². The van der Waals surface area contributed by atoms with E-state index in [4.69, 9.17) is 5.48 Å². The van der Waals surface area contributed by atoms with Crippen LogP contribution in [0.3, 0.4) is 0 Å². The van der Waals surface area contributed by atoms with Crippen molar-refractivity contribution in [2.75, 3.05) is 6.63 Å². The first-order chi connectivity index (χ1) is 15.0. The maximum absolute atomic E-state index is 13.5. The zero-order chi connectivity index (χ0) is 22.7. The van der Waals surface area contributed by atoms with Gasteiger partial charge in [0.05, 0.1) is 14.9 Å². The highest BCUT2D eigenvalue weighted by Gasteiger charge is 2.51. The fourth-order valence-electron chi connectivity index (χ4n) is 6.42. The van der Waals surface area contributed by atoms with E-state index in [1.807, 2.05) is 18.2 Å². The van der Waals surface area contributed by atoms with Gasteiger partial charge in [-0.15, -0.1) is 0 Å². The zero-order valence-electron chi connectivity index (χ0n) is 20.2. The molecule has 1 aromatic carbocycles. The molecule has 4 bridgehead atoms. The van der Waals surface area contributed by atoms with Crippen molar-refractivity contribution in [3.63, 3.8) is 0 Å². The van der Waals surface area contributed by atoms with Crippen molar-refractivity contribution < 1.29 is 14.7 Å². The van der Waals surface area contributed by atoms with Gasteiger partial charge in [0.25, 0.3) is 5.91 Å². The number of aromatic nitrogens is 1. The molecule has 4 fully saturated rings. The fraction of sp³-hybridized carbons (Fsp3) is 0.625. The summed E-state index contributed by atoms with van der Waals surface area (Å²) < 4.78 is 45.9. The van der Waals surface area contributed by atoms with Crippen LogP contribution in [-0.4, -0.2) is 22.6 Å². The van der Waals surface area contributed by atoms with Gasteiger partial charge in [0.2, 0.25) is 0 Å². The predicted molar refractivity (Wildman–Crippen MR) is 110 cm³/mol. The monoisotopic (exact) mass is 386 g/mol. The van der Waals surface area contributed by atoms with E-state index < -0.39 is 13.1 Å². The summed E-state index contributed by atoms with van der Waals surface area (Å²) in [7, 11) is 0. The molecule has 0 saturated heterocycles. The van der Waals surface area contributed by atoms with E-state index in [0.29, 0.717) is 34.2 Å². The number of halogens is 1. The van der Waals surface area contributed by atoms with Crippen LogP contribution in [0.4, 0.5) is 4.39 Å². The number of para-hydroxylation sites is 1. The molecule has 4 aliphatic carbocycles. The molecule has 4 heteroatoms. The van der Waals surface area contributed by atoms with Crippen LogP contribution in [0.25, 0.3) is 10.9 Å². The molecular formula is C24H31FN2O. The highest BCUT2D eigenvalue weighted by atomic mass is 19.1. The summed E-state index contributed by atoms with van der Waals surface area (Å²) in [4.78, 5) is 13.5. The van der Waals surface area contributed by atoms with Gasteiger partial charge in [-0.25, -0.2) is 0 Å². The lowest BCUT2D eigenvalue weighted by atomic mass is 9.53. The van der Waals surface area contributed by atoms with Crippen LogP contribution in [0.1, 0.15) is 73.6 Å². The molecular weight excluding hydrogens is 351 g/mol. The van der Waals surface area contributed by atoms with Crippen LogP contribution in [0.2, 0.25) is 0 Å². The Kier molecular flexibility index (Phi) is 3.65. The Morgan fingerprint density at radius 2 is 1.79 bits per heavy atom. The normalized spacial score (nSPS) is 34.0. The standard InChI is InChI=1S/C24H31FN2O/c25-8-4-1-5-9-27-16-21(20-6-2-3-7-22(20)27)23(28)26-24-13-17-10-18(14-24)12-19(11-17)15-24/h2-3,6-7,16-19H,1,4-5,8-15H2,(H,26,28)/i8D2,9D2. The van der Waals surface area contributed by atoms with E-state index in [9.17, 15) is 9.18 Å². The number of benzene rings is 1. The Balaban J connectivity index is 1.41. The molecule has 1 amide bonds. The number of amides is 1. The highest BCUT2D eigenvalue weighted by molar-refractivity contribution is 6.07. The number of carbonyl (C=O) groups is 1. The van der Waals surface area contributed by atoms with E-state index in [1.165, 1.54) is 23.8 Å². The molecule has 4 aliphatic rings. The molecule has 0 aliphatic heterocycles. The maximum atomic E-state index is 13.5. The van der Waals surface area contributed by atoms with Gasteiger partial charge in [0, 0.05) is 31.9 Å². The molecule has 1 N–H and O–H groups in total. The van der Waals surface area contributed by atoms with Crippen LogP contribution < -0.4 is 5.32 Å². The van der Waals surface area contributed by atoms with Crippen molar-refractivity contribution in [1.29, 1.82) is 0 Å². The Bertz CT molecular complexity index is 993. The van der Waals surface area contributed by atoms with Crippen molar-refractivity contribution in [3.05, 3.63) is 36.0 Å².